The first-order valence-electron chi connectivity index (χ1n) is 7.57. The first-order valence-corrected chi connectivity index (χ1v) is 9.99. The Bertz CT molecular complexity index is 829. The van der Waals surface area contributed by atoms with Crippen LogP contribution in [-0.4, -0.2) is 26.8 Å². The highest BCUT2D eigenvalue weighted by Crippen LogP contribution is 2.07. The van der Waals surface area contributed by atoms with Crippen LogP contribution in [0.5, 0.6) is 0 Å². The normalized spacial score (nSPS) is 11.4. The van der Waals surface area contributed by atoms with Gasteiger partial charge in [0.25, 0.3) is 15.9 Å². The fourth-order valence-electron chi connectivity index (χ4n) is 1.92. The van der Waals surface area contributed by atoms with Crippen LogP contribution in [0.15, 0.2) is 53.3 Å². The maximum atomic E-state index is 11.8. The molecule has 0 atom stereocenters. The first-order chi connectivity index (χ1) is 12.0. The third-order valence-corrected chi connectivity index (χ3v) is 4.98. The second-order valence-corrected chi connectivity index (χ2v) is 7.63. The lowest BCUT2D eigenvalue weighted by molar-refractivity contribution is -0.119. The lowest BCUT2D eigenvalue weighted by Crippen LogP contribution is -2.30. The molecule has 0 saturated carbocycles. The van der Waals surface area contributed by atoms with Gasteiger partial charge >= 0.3 is 0 Å². The van der Waals surface area contributed by atoms with Gasteiger partial charge in [-0.2, -0.15) is 0 Å². The van der Waals surface area contributed by atoms with E-state index < -0.39 is 15.9 Å². The van der Waals surface area contributed by atoms with E-state index in [1.165, 1.54) is 17.4 Å². The molecule has 0 saturated heterocycles. The molecule has 8 heteroatoms. The Morgan fingerprint density at radius 3 is 2.52 bits per heavy atom. The van der Waals surface area contributed by atoms with Crippen molar-refractivity contribution in [3.05, 3.63) is 63.7 Å². The standard InChI is InChI=1S/C17H18N2O4S2/c20-16(9-4-11-18-17(21)15-8-5-12-24-15)19-25(22,23)13-10-14-6-2-1-3-7-14/h1-3,5-8,10,12-13H,4,9,11H2,(H,18,21)(H,19,20)/b13-10+. The summed E-state index contributed by atoms with van der Waals surface area (Å²) in [5, 5.41) is 5.44. The second-order valence-electron chi connectivity index (χ2n) is 5.12. The molecule has 0 aliphatic heterocycles. The Morgan fingerprint density at radius 1 is 1.08 bits per heavy atom. The van der Waals surface area contributed by atoms with Gasteiger partial charge in [-0.1, -0.05) is 36.4 Å². The predicted octanol–water partition coefficient (Wildman–Crippen LogP) is 2.38. The van der Waals surface area contributed by atoms with Crippen molar-refractivity contribution in [3.8, 4) is 0 Å². The van der Waals surface area contributed by atoms with Crippen LogP contribution in [0.1, 0.15) is 28.1 Å². The van der Waals surface area contributed by atoms with E-state index in [9.17, 15) is 18.0 Å². The first kappa shape index (κ1) is 18.9. The van der Waals surface area contributed by atoms with Crippen LogP contribution < -0.4 is 10.0 Å². The molecule has 2 amide bonds. The fourth-order valence-corrected chi connectivity index (χ4v) is 3.39. The Labute approximate surface area is 150 Å². The van der Waals surface area contributed by atoms with Crippen molar-refractivity contribution in [2.24, 2.45) is 0 Å². The minimum absolute atomic E-state index is 0.00310. The molecular formula is C17H18N2O4S2. The minimum Gasteiger partial charge on any atom is -0.351 e. The highest BCUT2D eigenvalue weighted by molar-refractivity contribution is 7.93. The molecule has 0 aliphatic carbocycles. The van der Waals surface area contributed by atoms with Crippen LogP contribution in [0.3, 0.4) is 0 Å². The molecular weight excluding hydrogens is 360 g/mol. The van der Waals surface area contributed by atoms with Gasteiger partial charge in [-0.15, -0.1) is 11.3 Å². The number of hydrogen-bond acceptors (Lipinski definition) is 5. The largest absolute Gasteiger partial charge is 0.351 e. The van der Waals surface area contributed by atoms with Gasteiger partial charge in [0.1, 0.15) is 0 Å². The third kappa shape index (κ3) is 6.90. The van der Waals surface area contributed by atoms with Crippen molar-refractivity contribution in [2.45, 2.75) is 12.8 Å². The number of carbonyl (C=O) groups excluding carboxylic acids is 2. The maximum Gasteiger partial charge on any atom is 0.261 e. The minimum atomic E-state index is -3.83. The lowest BCUT2D eigenvalue weighted by atomic mass is 10.2. The zero-order valence-corrected chi connectivity index (χ0v) is 15.0. The summed E-state index contributed by atoms with van der Waals surface area (Å²) in [7, 11) is -3.83. The van der Waals surface area contributed by atoms with Crippen molar-refractivity contribution in [3.63, 3.8) is 0 Å². The molecule has 0 aliphatic rings. The van der Waals surface area contributed by atoms with E-state index in [2.05, 4.69) is 5.32 Å². The number of sulfonamides is 1. The number of benzene rings is 1. The molecule has 2 aromatic rings. The summed E-state index contributed by atoms with van der Waals surface area (Å²) in [6.07, 6.45) is 1.76. The quantitative estimate of drug-likeness (QED) is 0.690. The van der Waals surface area contributed by atoms with Crippen molar-refractivity contribution in [1.29, 1.82) is 0 Å². The summed E-state index contributed by atoms with van der Waals surface area (Å²) in [4.78, 5) is 24.0. The maximum absolute atomic E-state index is 11.8. The average Bonchev–Trinajstić information content (AvgIpc) is 3.12. The molecule has 0 spiro atoms. The number of nitrogens with one attached hydrogen (secondary N) is 2. The molecule has 1 aromatic carbocycles. The number of carbonyl (C=O) groups is 2. The number of amides is 2. The molecule has 132 valence electrons. The molecule has 1 heterocycles. The van der Waals surface area contributed by atoms with E-state index in [0.29, 0.717) is 17.8 Å². The Kier molecular flexibility index (Phi) is 6.91. The van der Waals surface area contributed by atoms with E-state index in [4.69, 9.17) is 0 Å². The van der Waals surface area contributed by atoms with Crippen molar-refractivity contribution in [1.82, 2.24) is 10.0 Å². The zero-order valence-electron chi connectivity index (χ0n) is 13.3. The lowest BCUT2D eigenvalue weighted by Gasteiger charge is -2.05. The predicted molar refractivity (Wildman–Crippen MR) is 98.4 cm³/mol. The molecule has 0 fully saturated rings. The van der Waals surface area contributed by atoms with Crippen molar-refractivity contribution in [2.75, 3.05) is 6.54 Å². The number of hydrogen-bond donors (Lipinski definition) is 2. The van der Waals surface area contributed by atoms with Gasteiger partial charge in [-0.3, -0.25) is 9.59 Å². The second kappa shape index (κ2) is 9.14. The van der Waals surface area contributed by atoms with Gasteiger partial charge in [-0.05, 0) is 29.5 Å². The van der Waals surface area contributed by atoms with Gasteiger partial charge in [0.05, 0.1) is 10.3 Å². The highest BCUT2D eigenvalue weighted by atomic mass is 32.2. The molecule has 0 radical (unpaired) electrons. The highest BCUT2D eigenvalue weighted by Gasteiger charge is 2.11. The summed E-state index contributed by atoms with van der Waals surface area (Å²) in [5.74, 6) is -0.808. The summed E-state index contributed by atoms with van der Waals surface area (Å²) >= 11 is 1.33. The molecule has 6 nitrogen and oxygen atoms in total. The number of thiophene rings is 1. The van der Waals surface area contributed by atoms with Gasteiger partial charge < -0.3 is 5.32 Å². The van der Waals surface area contributed by atoms with E-state index in [1.807, 2.05) is 10.8 Å². The molecule has 1 aromatic heterocycles. The van der Waals surface area contributed by atoms with Gasteiger partial charge in [0, 0.05) is 13.0 Å². The molecule has 0 unspecified atom stereocenters. The van der Waals surface area contributed by atoms with E-state index in [0.717, 1.165) is 11.0 Å². The van der Waals surface area contributed by atoms with Crippen molar-refractivity contribution >= 4 is 39.3 Å². The van der Waals surface area contributed by atoms with E-state index in [-0.39, 0.29) is 12.3 Å². The topological polar surface area (TPSA) is 92.3 Å². The van der Waals surface area contributed by atoms with E-state index in [1.54, 1.807) is 41.8 Å². The van der Waals surface area contributed by atoms with Crippen LogP contribution in [0, 0.1) is 0 Å². The van der Waals surface area contributed by atoms with Gasteiger partial charge in [0.2, 0.25) is 5.91 Å². The van der Waals surface area contributed by atoms with Crippen LogP contribution in [0.2, 0.25) is 0 Å². The SMILES string of the molecule is O=C(CCCNC(=O)c1cccs1)NS(=O)(=O)/C=C/c1ccccc1. The van der Waals surface area contributed by atoms with Gasteiger partial charge in [-0.25, -0.2) is 13.1 Å². The zero-order chi connectivity index (χ0) is 18.1. The van der Waals surface area contributed by atoms with Crippen LogP contribution in [-0.2, 0) is 14.8 Å². The Hall–Kier alpha value is -2.45. The molecule has 2 N–H and O–H groups in total. The van der Waals surface area contributed by atoms with Gasteiger partial charge in [0.15, 0.2) is 0 Å². The fraction of sp³-hybridized carbons (Fsp3) is 0.176. The van der Waals surface area contributed by atoms with Crippen LogP contribution in [0.4, 0.5) is 0 Å². The summed E-state index contributed by atoms with van der Waals surface area (Å²) in [6.45, 7) is 0.296. The molecule has 2 rings (SSSR count). The van der Waals surface area contributed by atoms with Crippen molar-refractivity contribution < 1.29 is 18.0 Å². The summed E-state index contributed by atoms with van der Waals surface area (Å²) in [6, 6.07) is 12.4. The average molecular weight is 378 g/mol. The third-order valence-electron chi connectivity index (χ3n) is 3.11. The Morgan fingerprint density at radius 2 is 1.84 bits per heavy atom. The molecule has 25 heavy (non-hydrogen) atoms. The number of rotatable bonds is 8. The van der Waals surface area contributed by atoms with E-state index >= 15 is 0 Å². The monoisotopic (exact) mass is 378 g/mol. The smallest absolute Gasteiger partial charge is 0.261 e. The summed E-state index contributed by atoms with van der Waals surface area (Å²) in [5.41, 5.74) is 0.719. The Balaban J connectivity index is 1.72. The van der Waals surface area contributed by atoms with Crippen LogP contribution in [0.25, 0.3) is 6.08 Å². The molecule has 0 bridgehead atoms. The summed E-state index contributed by atoms with van der Waals surface area (Å²) < 4.78 is 25.6. The van der Waals surface area contributed by atoms with Crippen LogP contribution >= 0.6 is 11.3 Å².